The molecule has 0 bridgehead atoms. The topological polar surface area (TPSA) is 89.3 Å². The minimum absolute atomic E-state index is 0.0510. The first kappa shape index (κ1) is 12.8. The molecule has 0 aliphatic heterocycles. The Hall–Kier alpha value is -1.66. The van der Waals surface area contributed by atoms with Crippen LogP contribution in [0.4, 0.5) is 5.69 Å². The van der Waals surface area contributed by atoms with Crippen LogP contribution in [0, 0.1) is 0 Å². The molecule has 0 saturated heterocycles. The first-order valence-electron chi connectivity index (χ1n) is 5.51. The van der Waals surface area contributed by atoms with E-state index in [2.05, 4.69) is 5.32 Å². The van der Waals surface area contributed by atoms with Gasteiger partial charge in [0.05, 0.1) is 4.90 Å². The van der Waals surface area contributed by atoms with Gasteiger partial charge in [0.2, 0.25) is 10.0 Å². The molecular weight excluding hydrogens is 252 g/mol. The van der Waals surface area contributed by atoms with Gasteiger partial charge >= 0.3 is 0 Å². The monoisotopic (exact) mass is 266 g/mol. The molecule has 1 aliphatic carbocycles. The van der Waals surface area contributed by atoms with Crippen molar-refractivity contribution >= 4 is 21.5 Å². The fourth-order valence-corrected chi connectivity index (χ4v) is 2.42. The smallest absolute Gasteiger partial charge is 0.238 e. The Morgan fingerprint density at radius 3 is 2.56 bits per heavy atom. The summed E-state index contributed by atoms with van der Waals surface area (Å²) in [6.07, 6.45) is 1.16. The van der Waals surface area contributed by atoms with Crippen LogP contribution in [0.15, 0.2) is 40.4 Å². The fourth-order valence-electron chi connectivity index (χ4n) is 1.86. The fraction of sp³-hybridized carbons (Fsp3) is 0.250. The SMILES string of the molecule is CC1=C(Nc2cccc(S(N)(=O)=O)c2)CCC1=O. The highest BCUT2D eigenvalue weighted by Crippen LogP contribution is 2.25. The van der Waals surface area contributed by atoms with Gasteiger partial charge < -0.3 is 5.32 Å². The largest absolute Gasteiger partial charge is 0.359 e. The lowest BCUT2D eigenvalue weighted by Crippen LogP contribution is -2.12. The predicted octanol–water partition coefficient (Wildman–Crippen LogP) is 1.38. The molecule has 1 aliphatic rings. The molecule has 0 heterocycles. The summed E-state index contributed by atoms with van der Waals surface area (Å²) in [4.78, 5) is 11.4. The van der Waals surface area contributed by atoms with E-state index in [0.29, 0.717) is 24.1 Å². The van der Waals surface area contributed by atoms with Crippen molar-refractivity contribution in [1.29, 1.82) is 0 Å². The molecule has 1 aromatic rings. The first-order chi connectivity index (χ1) is 8.38. The average molecular weight is 266 g/mol. The summed E-state index contributed by atoms with van der Waals surface area (Å²) >= 11 is 0. The second-order valence-corrected chi connectivity index (χ2v) is 5.79. The van der Waals surface area contributed by atoms with Crippen LogP contribution in [0.3, 0.4) is 0 Å². The van der Waals surface area contributed by atoms with E-state index in [1.807, 2.05) is 0 Å². The van der Waals surface area contributed by atoms with E-state index in [-0.39, 0.29) is 10.7 Å². The van der Waals surface area contributed by atoms with Crippen molar-refractivity contribution in [3.63, 3.8) is 0 Å². The molecule has 1 aromatic carbocycles. The Morgan fingerprint density at radius 2 is 2.00 bits per heavy atom. The van der Waals surface area contributed by atoms with Crippen LogP contribution in [0.2, 0.25) is 0 Å². The molecule has 0 radical (unpaired) electrons. The zero-order chi connectivity index (χ0) is 13.3. The first-order valence-corrected chi connectivity index (χ1v) is 7.05. The lowest BCUT2D eigenvalue weighted by Gasteiger charge is -2.09. The average Bonchev–Trinajstić information content (AvgIpc) is 2.60. The number of sulfonamides is 1. The Labute approximate surface area is 106 Å². The van der Waals surface area contributed by atoms with E-state index in [9.17, 15) is 13.2 Å². The third kappa shape index (κ3) is 2.60. The summed E-state index contributed by atoms with van der Waals surface area (Å²) in [6.45, 7) is 1.77. The number of carbonyl (C=O) groups excluding carboxylic acids is 1. The zero-order valence-electron chi connectivity index (χ0n) is 9.93. The van der Waals surface area contributed by atoms with Crippen LogP contribution in [0.25, 0.3) is 0 Å². The molecule has 2 rings (SSSR count). The summed E-state index contributed by atoms with van der Waals surface area (Å²) in [5.41, 5.74) is 2.16. The molecule has 6 heteroatoms. The number of hydrogen-bond donors (Lipinski definition) is 2. The van der Waals surface area contributed by atoms with Crippen LogP contribution in [-0.4, -0.2) is 14.2 Å². The third-order valence-electron chi connectivity index (χ3n) is 2.93. The number of carbonyl (C=O) groups is 1. The standard InChI is InChI=1S/C12H14N2O3S/c1-8-11(5-6-12(8)15)14-9-3-2-4-10(7-9)18(13,16)17/h2-4,7,14H,5-6H2,1H3,(H2,13,16,17). The second kappa shape index (κ2) is 4.55. The maximum atomic E-state index is 11.4. The summed E-state index contributed by atoms with van der Waals surface area (Å²) in [7, 11) is -3.71. The number of ketones is 1. The molecular formula is C12H14N2O3S. The van der Waals surface area contributed by atoms with E-state index in [1.165, 1.54) is 12.1 Å². The van der Waals surface area contributed by atoms with E-state index < -0.39 is 10.0 Å². The number of allylic oxidation sites excluding steroid dienone is 2. The minimum Gasteiger partial charge on any atom is -0.359 e. The summed E-state index contributed by atoms with van der Waals surface area (Å²) in [5.74, 6) is 0.125. The van der Waals surface area contributed by atoms with Gasteiger partial charge in [-0.05, 0) is 31.5 Å². The molecule has 18 heavy (non-hydrogen) atoms. The molecule has 0 aromatic heterocycles. The third-order valence-corrected chi connectivity index (χ3v) is 3.84. The van der Waals surface area contributed by atoms with E-state index in [4.69, 9.17) is 5.14 Å². The maximum absolute atomic E-state index is 11.4. The van der Waals surface area contributed by atoms with Crippen molar-refractivity contribution in [3.05, 3.63) is 35.5 Å². The van der Waals surface area contributed by atoms with Gasteiger partial charge in [0.15, 0.2) is 5.78 Å². The van der Waals surface area contributed by atoms with Gasteiger partial charge in [-0.15, -0.1) is 0 Å². The molecule has 5 nitrogen and oxygen atoms in total. The highest BCUT2D eigenvalue weighted by Gasteiger charge is 2.19. The Morgan fingerprint density at radius 1 is 1.28 bits per heavy atom. The maximum Gasteiger partial charge on any atom is 0.238 e. The van der Waals surface area contributed by atoms with Crippen molar-refractivity contribution in [2.75, 3.05) is 5.32 Å². The Balaban J connectivity index is 2.29. The number of Topliss-reactive ketones (excluding diaryl/α,β-unsaturated/α-hetero) is 1. The molecule has 0 amide bonds. The van der Waals surface area contributed by atoms with Gasteiger partial charge in [0, 0.05) is 23.4 Å². The quantitative estimate of drug-likeness (QED) is 0.865. The lowest BCUT2D eigenvalue weighted by atomic mass is 10.2. The number of nitrogens with two attached hydrogens (primary N) is 1. The van der Waals surface area contributed by atoms with Gasteiger partial charge in [-0.3, -0.25) is 4.79 Å². The van der Waals surface area contributed by atoms with Crippen LogP contribution in [0.5, 0.6) is 0 Å². The summed E-state index contributed by atoms with van der Waals surface area (Å²) in [5, 5.41) is 8.13. The van der Waals surface area contributed by atoms with Gasteiger partial charge in [0.1, 0.15) is 0 Å². The van der Waals surface area contributed by atoms with E-state index in [1.54, 1.807) is 19.1 Å². The van der Waals surface area contributed by atoms with Crippen molar-refractivity contribution in [1.82, 2.24) is 0 Å². The molecule has 0 fully saturated rings. The summed E-state index contributed by atoms with van der Waals surface area (Å²) in [6, 6.07) is 6.23. The zero-order valence-corrected chi connectivity index (χ0v) is 10.8. The van der Waals surface area contributed by atoms with Crippen molar-refractivity contribution < 1.29 is 13.2 Å². The summed E-state index contributed by atoms with van der Waals surface area (Å²) < 4.78 is 22.4. The van der Waals surface area contributed by atoms with Crippen molar-refractivity contribution in [2.24, 2.45) is 5.14 Å². The number of hydrogen-bond acceptors (Lipinski definition) is 4. The normalized spacial score (nSPS) is 16.2. The van der Waals surface area contributed by atoms with Crippen LogP contribution in [0.1, 0.15) is 19.8 Å². The minimum atomic E-state index is -3.71. The highest BCUT2D eigenvalue weighted by atomic mass is 32.2. The molecule has 0 saturated carbocycles. The Bertz CT molecular complexity index is 632. The van der Waals surface area contributed by atoms with Crippen molar-refractivity contribution in [2.45, 2.75) is 24.7 Å². The van der Waals surface area contributed by atoms with Gasteiger partial charge in [-0.25, -0.2) is 13.6 Å². The number of rotatable bonds is 3. The predicted molar refractivity (Wildman–Crippen MR) is 68.4 cm³/mol. The van der Waals surface area contributed by atoms with Gasteiger partial charge in [-0.1, -0.05) is 6.07 Å². The lowest BCUT2D eigenvalue weighted by molar-refractivity contribution is -0.114. The number of nitrogens with one attached hydrogen (secondary N) is 1. The Kier molecular flexibility index (Phi) is 3.23. The molecule has 0 unspecified atom stereocenters. The molecule has 0 atom stereocenters. The number of primary sulfonamides is 1. The number of anilines is 1. The molecule has 0 spiro atoms. The highest BCUT2D eigenvalue weighted by molar-refractivity contribution is 7.89. The van der Waals surface area contributed by atoms with Crippen LogP contribution in [-0.2, 0) is 14.8 Å². The molecule has 96 valence electrons. The van der Waals surface area contributed by atoms with Crippen LogP contribution >= 0.6 is 0 Å². The number of benzene rings is 1. The van der Waals surface area contributed by atoms with Crippen molar-refractivity contribution in [3.8, 4) is 0 Å². The second-order valence-electron chi connectivity index (χ2n) is 4.22. The molecule has 3 N–H and O–H groups in total. The van der Waals surface area contributed by atoms with Crippen LogP contribution < -0.4 is 10.5 Å². The van der Waals surface area contributed by atoms with Gasteiger partial charge in [-0.2, -0.15) is 0 Å². The van der Waals surface area contributed by atoms with E-state index in [0.717, 1.165) is 5.70 Å². The van der Waals surface area contributed by atoms with Gasteiger partial charge in [0.25, 0.3) is 0 Å². The van der Waals surface area contributed by atoms with E-state index >= 15 is 0 Å².